The van der Waals surface area contributed by atoms with E-state index < -0.39 is 0 Å². The fourth-order valence-electron chi connectivity index (χ4n) is 3.13. The summed E-state index contributed by atoms with van der Waals surface area (Å²) in [6, 6.07) is 4.54. The van der Waals surface area contributed by atoms with E-state index in [0.29, 0.717) is 11.5 Å². The van der Waals surface area contributed by atoms with Gasteiger partial charge in [0.1, 0.15) is 11.5 Å². The molecule has 120 valence electrons. The molecule has 1 aliphatic heterocycles. The number of piperazine rings is 1. The lowest BCUT2D eigenvalue weighted by Crippen LogP contribution is -2.54. The fourth-order valence-corrected chi connectivity index (χ4v) is 3.13. The Morgan fingerprint density at radius 1 is 1.29 bits per heavy atom. The second-order valence-corrected chi connectivity index (χ2v) is 7.44. The van der Waals surface area contributed by atoms with Crippen LogP contribution in [-0.2, 0) is 6.54 Å². The molecular formula is C17H30N2O2. The monoisotopic (exact) mass is 294 g/mol. The van der Waals surface area contributed by atoms with E-state index in [1.165, 1.54) is 0 Å². The number of aryl methyl sites for hydroxylation is 1. The summed E-state index contributed by atoms with van der Waals surface area (Å²) in [6.07, 6.45) is 0.851. The third-order valence-electron chi connectivity index (χ3n) is 4.00. The van der Waals surface area contributed by atoms with Crippen molar-refractivity contribution in [1.29, 1.82) is 0 Å². The third kappa shape index (κ3) is 5.13. The summed E-state index contributed by atoms with van der Waals surface area (Å²) in [6.45, 7) is 14.2. The number of rotatable bonds is 5. The zero-order chi connectivity index (χ0) is 15.5. The number of furan rings is 1. The predicted octanol–water partition coefficient (Wildman–Crippen LogP) is 2.50. The van der Waals surface area contributed by atoms with Crippen LogP contribution in [0.1, 0.15) is 38.7 Å². The van der Waals surface area contributed by atoms with E-state index in [9.17, 15) is 5.11 Å². The van der Waals surface area contributed by atoms with Crippen molar-refractivity contribution in [3.05, 3.63) is 23.7 Å². The summed E-state index contributed by atoms with van der Waals surface area (Å²) in [5, 5.41) is 9.35. The Kier molecular flexibility index (Phi) is 5.47. The Morgan fingerprint density at radius 3 is 2.62 bits per heavy atom. The van der Waals surface area contributed by atoms with Crippen molar-refractivity contribution in [3.63, 3.8) is 0 Å². The first kappa shape index (κ1) is 16.5. The molecule has 0 amide bonds. The minimum atomic E-state index is 0.263. The Hall–Kier alpha value is -0.840. The van der Waals surface area contributed by atoms with E-state index in [1.807, 2.05) is 13.0 Å². The minimum absolute atomic E-state index is 0.263. The largest absolute Gasteiger partial charge is 0.465 e. The van der Waals surface area contributed by atoms with E-state index in [2.05, 4.69) is 36.6 Å². The summed E-state index contributed by atoms with van der Waals surface area (Å²) in [5.41, 5.74) is 0.300. The summed E-state index contributed by atoms with van der Waals surface area (Å²) >= 11 is 0. The third-order valence-corrected chi connectivity index (χ3v) is 4.00. The summed E-state index contributed by atoms with van der Waals surface area (Å²) < 4.78 is 5.68. The summed E-state index contributed by atoms with van der Waals surface area (Å²) in [5.74, 6) is 2.02. The van der Waals surface area contributed by atoms with Crippen molar-refractivity contribution in [2.24, 2.45) is 5.41 Å². The Morgan fingerprint density at radius 2 is 2.05 bits per heavy atom. The van der Waals surface area contributed by atoms with Gasteiger partial charge in [-0.2, -0.15) is 0 Å². The van der Waals surface area contributed by atoms with Crippen LogP contribution in [0, 0.1) is 12.3 Å². The zero-order valence-electron chi connectivity index (χ0n) is 13.9. The Balaban J connectivity index is 1.94. The molecule has 1 aromatic rings. The topological polar surface area (TPSA) is 39.9 Å². The Bertz CT molecular complexity index is 436. The van der Waals surface area contributed by atoms with E-state index >= 15 is 0 Å². The predicted molar refractivity (Wildman–Crippen MR) is 85.2 cm³/mol. The number of nitrogens with zero attached hydrogens (tertiary/aromatic N) is 2. The molecule has 0 aliphatic carbocycles. The van der Waals surface area contributed by atoms with Crippen molar-refractivity contribution in [2.75, 3.05) is 32.8 Å². The molecule has 4 heteroatoms. The molecule has 21 heavy (non-hydrogen) atoms. The normalized spacial score (nSPS) is 21.9. The molecular weight excluding hydrogens is 264 g/mol. The molecule has 2 heterocycles. The molecule has 2 rings (SSSR count). The average molecular weight is 294 g/mol. The van der Waals surface area contributed by atoms with Crippen LogP contribution in [0.2, 0.25) is 0 Å². The zero-order valence-corrected chi connectivity index (χ0v) is 13.9. The maximum absolute atomic E-state index is 9.35. The molecule has 0 aromatic carbocycles. The molecule has 0 saturated carbocycles. The SMILES string of the molecule is Cc1ccc(CN2CCN(CC(C)(C)C)[C@@H](CCO)C2)o1. The highest BCUT2D eigenvalue weighted by molar-refractivity contribution is 5.05. The average Bonchev–Trinajstić information content (AvgIpc) is 2.77. The van der Waals surface area contributed by atoms with Crippen LogP contribution in [0.5, 0.6) is 0 Å². The van der Waals surface area contributed by atoms with Gasteiger partial charge in [0.25, 0.3) is 0 Å². The first-order valence-corrected chi connectivity index (χ1v) is 8.00. The first-order valence-electron chi connectivity index (χ1n) is 8.00. The lowest BCUT2D eigenvalue weighted by molar-refractivity contribution is 0.0314. The minimum Gasteiger partial charge on any atom is -0.465 e. The van der Waals surface area contributed by atoms with Crippen molar-refractivity contribution in [1.82, 2.24) is 9.80 Å². The lowest BCUT2D eigenvalue weighted by Gasteiger charge is -2.43. The molecule has 1 fully saturated rings. The van der Waals surface area contributed by atoms with Crippen LogP contribution < -0.4 is 0 Å². The highest BCUT2D eigenvalue weighted by Crippen LogP contribution is 2.22. The molecule has 4 nitrogen and oxygen atoms in total. The molecule has 1 N–H and O–H groups in total. The highest BCUT2D eigenvalue weighted by atomic mass is 16.3. The van der Waals surface area contributed by atoms with E-state index in [0.717, 1.165) is 50.7 Å². The number of hydrogen-bond acceptors (Lipinski definition) is 4. The number of hydrogen-bond donors (Lipinski definition) is 1. The van der Waals surface area contributed by atoms with Gasteiger partial charge in [0.2, 0.25) is 0 Å². The van der Waals surface area contributed by atoms with Gasteiger partial charge in [0.15, 0.2) is 0 Å². The van der Waals surface area contributed by atoms with Crippen LogP contribution in [0.15, 0.2) is 16.5 Å². The molecule has 0 radical (unpaired) electrons. The van der Waals surface area contributed by atoms with E-state index in [1.54, 1.807) is 0 Å². The highest BCUT2D eigenvalue weighted by Gasteiger charge is 2.29. The number of aliphatic hydroxyl groups is 1. The second-order valence-electron chi connectivity index (χ2n) is 7.44. The smallest absolute Gasteiger partial charge is 0.118 e. The van der Waals surface area contributed by atoms with Gasteiger partial charge in [-0.1, -0.05) is 20.8 Å². The van der Waals surface area contributed by atoms with Crippen LogP contribution in [0.4, 0.5) is 0 Å². The molecule has 1 saturated heterocycles. The van der Waals surface area contributed by atoms with Crippen molar-refractivity contribution in [3.8, 4) is 0 Å². The fraction of sp³-hybridized carbons (Fsp3) is 0.765. The quantitative estimate of drug-likeness (QED) is 0.906. The van der Waals surface area contributed by atoms with Crippen LogP contribution in [0.25, 0.3) is 0 Å². The van der Waals surface area contributed by atoms with E-state index in [4.69, 9.17) is 4.42 Å². The van der Waals surface area contributed by atoms with Crippen LogP contribution in [0.3, 0.4) is 0 Å². The van der Waals surface area contributed by atoms with Crippen molar-refractivity contribution in [2.45, 2.75) is 46.7 Å². The molecule has 1 aliphatic rings. The summed E-state index contributed by atoms with van der Waals surface area (Å²) in [4.78, 5) is 4.98. The van der Waals surface area contributed by atoms with Gasteiger partial charge in [-0.25, -0.2) is 0 Å². The van der Waals surface area contributed by atoms with Crippen LogP contribution >= 0.6 is 0 Å². The maximum Gasteiger partial charge on any atom is 0.118 e. The van der Waals surface area contributed by atoms with Crippen molar-refractivity contribution < 1.29 is 9.52 Å². The summed E-state index contributed by atoms with van der Waals surface area (Å²) in [7, 11) is 0. The first-order chi connectivity index (χ1) is 9.87. The molecule has 0 unspecified atom stereocenters. The second kappa shape index (κ2) is 6.95. The van der Waals surface area contributed by atoms with Gasteiger partial charge < -0.3 is 9.52 Å². The van der Waals surface area contributed by atoms with Gasteiger partial charge in [0.05, 0.1) is 6.54 Å². The maximum atomic E-state index is 9.35. The van der Waals surface area contributed by atoms with Crippen molar-refractivity contribution >= 4 is 0 Å². The Labute approximate surface area is 128 Å². The standard InChI is InChI=1S/C17H30N2O2/c1-14-5-6-16(21-14)12-18-8-9-19(13-17(2,3)4)15(11-18)7-10-20/h5-6,15,20H,7-13H2,1-4H3/t15-/m0/s1. The van der Waals surface area contributed by atoms with Gasteiger partial charge in [-0.15, -0.1) is 0 Å². The molecule has 1 aromatic heterocycles. The van der Waals surface area contributed by atoms with Crippen LogP contribution in [-0.4, -0.2) is 53.7 Å². The lowest BCUT2D eigenvalue weighted by atomic mass is 9.94. The molecule has 0 bridgehead atoms. The van der Waals surface area contributed by atoms with E-state index in [-0.39, 0.29) is 6.61 Å². The van der Waals surface area contributed by atoms with Gasteiger partial charge in [-0.3, -0.25) is 9.80 Å². The molecule has 1 atom stereocenters. The van der Waals surface area contributed by atoms with Gasteiger partial charge in [0, 0.05) is 38.8 Å². The van der Waals surface area contributed by atoms with Gasteiger partial charge >= 0.3 is 0 Å². The molecule has 0 spiro atoms. The number of aliphatic hydroxyl groups excluding tert-OH is 1. The van der Waals surface area contributed by atoms with Gasteiger partial charge in [-0.05, 0) is 30.9 Å².